The first kappa shape index (κ1) is 15.9. The van der Waals surface area contributed by atoms with Crippen LogP contribution < -0.4 is 5.32 Å². The van der Waals surface area contributed by atoms with Crippen LogP contribution in [-0.2, 0) is 4.79 Å². The number of carbonyl (C=O) groups is 2. The summed E-state index contributed by atoms with van der Waals surface area (Å²) in [5.41, 5.74) is 0.321. The van der Waals surface area contributed by atoms with Crippen LogP contribution >= 0.6 is 27.5 Å². The van der Waals surface area contributed by atoms with Crippen molar-refractivity contribution in [1.82, 2.24) is 10.3 Å². The predicted octanol–water partition coefficient (Wildman–Crippen LogP) is 2.87. The third kappa shape index (κ3) is 6.02. The summed E-state index contributed by atoms with van der Waals surface area (Å²) in [6.45, 7) is 0.487. The number of carboxylic acids is 1. The zero-order valence-corrected chi connectivity index (χ0v) is 12.5. The summed E-state index contributed by atoms with van der Waals surface area (Å²) in [4.78, 5) is 26.0. The van der Waals surface area contributed by atoms with Gasteiger partial charge in [0.05, 0.1) is 5.56 Å². The van der Waals surface area contributed by atoms with E-state index in [0.717, 1.165) is 12.8 Å². The van der Waals surface area contributed by atoms with Crippen LogP contribution in [0.5, 0.6) is 0 Å². The Bertz CT molecular complexity index is 468. The maximum atomic E-state index is 11.8. The molecule has 5 nitrogen and oxygen atoms in total. The summed E-state index contributed by atoms with van der Waals surface area (Å²) >= 11 is 9.05. The number of carboxylic acid groups (broad SMARTS) is 1. The lowest BCUT2D eigenvalue weighted by Gasteiger charge is -2.06. The van der Waals surface area contributed by atoms with E-state index < -0.39 is 5.97 Å². The molecule has 0 saturated carbocycles. The quantitative estimate of drug-likeness (QED) is 0.586. The van der Waals surface area contributed by atoms with E-state index >= 15 is 0 Å². The van der Waals surface area contributed by atoms with Crippen LogP contribution in [0.15, 0.2) is 16.7 Å². The van der Waals surface area contributed by atoms with Crippen molar-refractivity contribution in [3.8, 4) is 0 Å². The third-order valence-electron chi connectivity index (χ3n) is 2.40. The minimum Gasteiger partial charge on any atom is -0.481 e. The molecule has 0 aromatic carbocycles. The Balaban J connectivity index is 2.31. The van der Waals surface area contributed by atoms with Crippen LogP contribution in [0.3, 0.4) is 0 Å². The molecule has 0 atom stereocenters. The normalized spacial score (nSPS) is 10.2. The van der Waals surface area contributed by atoms with E-state index in [1.165, 1.54) is 6.20 Å². The minimum absolute atomic E-state index is 0.159. The van der Waals surface area contributed by atoms with Crippen molar-refractivity contribution in [1.29, 1.82) is 0 Å². The second-order valence-electron chi connectivity index (χ2n) is 3.95. The molecule has 0 aliphatic carbocycles. The number of amides is 1. The number of hydrogen-bond donors (Lipinski definition) is 2. The molecule has 0 aliphatic heterocycles. The molecule has 0 saturated heterocycles. The second kappa shape index (κ2) is 8.12. The van der Waals surface area contributed by atoms with E-state index in [1.54, 1.807) is 6.07 Å². The zero-order chi connectivity index (χ0) is 14.3. The topological polar surface area (TPSA) is 79.3 Å². The number of rotatable bonds is 7. The number of nitrogens with zero attached hydrogens (tertiary/aromatic N) is 1. The molecule has 0 radical (unpaired) electrons. The van der Waals surface area contributed by atoms with Crippen molar-refractivity contribution in [2.75, 3.05) is 6.54 Å². The highest BCUT2D eigenvalue weighted by atomic mass is 79.9. The molecule has 19 heavy (non-hydrogen) atoms. The molecular weight excluding hydrogens is 336 g/mol. The summed E-state index contributed by atoms with van der Waals surface area (Å²) in [5.74, 6) is -1.08. The van der Waals surface area contributed by atoms with Crippen LogP contribution in [0.4, 0.5) is 0 Å². The molecule has 1 amide bonds. The molecule has 0 aliphatic rings. The average molecular weight is 350 g/mol. The summed E-state index contributed by atoms with van der Waals surface area (Å²) in [6, 6.07) is 1.61. The van der Waals surface area contributed by atoms with Gasteiger partial charge in [0.25, 0.3) is 5.91 Å². The molecule has 1 heterocycles. The van der Waals surface area contributed by atoms with Crippen molar-refractivity contribution >= 4 is 39.4 Å². The lowest BCUT2D eigenvalue weighted by Crippen LogP contribution is -2.25. The molecule has 1 aromatic rings. The number of aliphatic carboxylic acids is 1. The van der Waals surface area contributed by atoms with Crippen molar-refractivity contribution in [3.63, 3.8) is 0 Å². The van der Waals surface area contributed by atoms with Gasteiger partial charge >= 0.3 is 5.97 Å². The highest BCUT2D eigenvalue weighted by Crippen LogP contribution is 2.17. The van der Waals surface area contributed by atoms with E-state index in [2.05, 4.69) is 26.2 Å². The maximum Gasteiger partial charge on any atom is 0.303 e. The van der Waals surface area contributed by atoms with Gasteiger partial charge in [0.2, 0.25) is 0 Å². The number of hydrogen-bond acceptors (Lipinski definition) is 3. The predicted molar refractivity (Wildman–Crippen MR) is 75.4 cm³/mol. The molecule has 1 aromatic heterocycles. The molecule has 0 fully saturated rings. The lowest BCUT2D eigenvalue weighted by molar-refractivity contribution is -0.137. The number of nitrogens with one attached hydrogen (secondary N) is 1. The van der Waals surface area contributed by atoms with Gasteiger partial charge in [0, 0.05) is 23.6 Å². The zero-order valence-electron chi connectivity index (χ0n) is 10.2. The molecule has 104 valence electrons. The number of unbranched alkanes of at least 4 members (excludes halogenated alkanes) is 2. The Hall–Kier alpha value is -1.14. The van der Waals surface area contributed by atoms with Crippen LogP contribution in [0.1, 0.15) is 36.0 Å². The summed E-state index contributed by atoms with van der Waals surface area (Å²) in [7, 11) is 0. The minimum atomic E-state index is -0.795. The van der Waals surface area contributed by atoms with E-state index in [1.807, 2.05) is 0 Å². The fourth-order valence-corrected chi connectivity index (χ4v) is 1.98. The highest BCUT2D eigenvalue weighted by molar-refractivity contribution is 9.10. The van der Waals surface area contributed by atoms with Gasteiger partial charge in [-0.3, -0.25) is 9.59 Å². The van der Waals surface area contributed by atoms with Crippen molar-refractivity contribution in [3.05, 3.63) is 27.5 Å². The Labute approximate surface area is 124 Å². The summed E-state index contributed by atoms with van der Waals surface area (Å²) in [6.07, 6.45) is 3.79. The number of carbonyl (C=O) groups excluding carboxylic acids is 1. The Morgan fingerprint density at radius 2 is 2.11 bits per heavy atom. The van der Waals surface area contributed by atoms with Gasteiger partial charge in [-0.15, -0.1) is 0 Å². The number of halogens is 2. The summed E-state index contributed by atoms with van der Waals surface area (Å²) < 4.78 is 0.684. The first-order valence-corrected chi connectivity index (χ1v) is 6.99. The molecule has 7 heteroatoms. The number of aromatic nitrogens is 1. The van der Waals surface area contributed by atoms with Crippen molar-refractivity contribution in [2.45, 2.75) is 25.7 Å². The highest BCUT2D eigenvalue weighted by Gasteiger charge is 2.11. The molecule has 0 spiro atoms. The molecular formula is C12H14BrClN2O3. The first-order valence-electron chi connectivity index (χ1n) is 5.81. The smallest absolute Gasteiger partial charge is 0.303 e. The fourth-order valence-electron chi connectivity index (χ4n) is 1.46. The van der Waals surface area contributed by atoms with Crippen LogP contribution in [0.25, 0.3) is 0 Å². The van der Waals surface area contributed by atoms with Crippen LogP contribution in [0, 0.1) is 0 Å². The molecule has 1 rings (SSSR count). The van der Waals surface area contributed by atoms with Crippen molar-refractivity contribution in [2.24, 2.45) is 0 Å². The van der Waals surface area contributed by atoms with Gasteiger partial charge in [0.15, 0.2) is 0 Å². The van der Waals surface area contributed by atoms with Gasteiger partial charge in [-0.1, -0.05) is 18.0 Å². The monoisotopic (exact) mass is 348 g/mol. The van der Waals surface area contributed by atoms with Gasteiger partial charge in [-0.05, 0) is 34.8 Å². The molecule has 0 bridgehead atoms. The van der Waals surface area contributed by atoms with Crippen LogP contribution in [-0.4, -0.2) is 28.5 Å². The fraction of sp³-hybridized carbons (Fsp3) is 0.417. The average Bonchev–Trinajstić information content (AvgIpc) is 2.36. The van der Waals surface area contributed by atoms with Crippen LogP contribution in [0.2, 0.25) is 5.15 Å². The van der Waals surface area contributed by atoms with Gasteiger partial charge < -0.3 is 10.4 Å². The molecule has 2 N–H and O–H groups in total. The first-order chi connectivity index (χ1) is 9.00. The van der Waals surface area contributed by atoms with Gasteiger partial charge in [-0.2, -0.15) is 0 Å². The van der Waals surface area contributed by atoms with E-state index in [-0.39, 0.29) is 17.5 Å². The van der Waals surface area contributed by atoms with E-state index in [4.69, 9.17) is 16.7 Å². The lowest BCUT2D eigenvalue weighted by atomic mass is 10.2. The maximum absolute atomic E-state index is 11.8. The second-order valence-corrected chi connectivity index (χ2v) is 5.23. The Morgan fingerprint density at radius 1 is 1.37 bits per heavy atom. The Morgan fingerprint density at radius 3 is 2.79 bits per heavy atom. The summed E-state index contributed by atoms with van der Waals surface area (Å²) in [5, 5.41) is 11.3. The van der Waals surface area contributed by atoms with Gasteiger partial charge in [0.1, 0.15) is 5.15 Å². The number of pyridine rings is 1. The van der Waals surface area contributed by atoms with E-state index in [0.29, 0.717) is 23.0 Å². The largest absolute Gasteiger partial charge is 0.481 e. The third-order valence-corrected chi connectivity index (χ3v) is 3.14. The van der Waals surface area contributed by atoms with E-state index in [9.17, 15) is 9.59 Å². The van der Waals surface area contributed by atoms with Gasteiger partial charge in [-0.25, -0.2) is 4.98 Å². The molecule has 0 unspecified atom stereocenters. The Kier molecular flexibility index (Phi) is 6.80. The standard InChI is InChI=1S/C12H14BrClN2O3/c13-8-6-9(11(14)16-7-8)12(19)15-5-3-1-2-4-10(17)18/h6-7H,1-5H2,(H,15,19)(H,17,18). The van der Waals surface area contributed by atoms with Crippen molar-refractivity contribution < 1.29 is 14.7 Å². The SMILES string of the molecule is O=C(O)CCCCCNC(=O)c1cc(Br)cnc1Cl.